The summed E-state index contributed by atoms with van der Waals surface area (Å²) in [7, 11) is 0. The van der Waals surface area contributed by atoms with Gasteiger partial charge >= 0.3 is 0 Å². The lowest BCUT2D eigenvalue weighted by molar-refractivity contribution is -0.158. The Morgan fingerprint density at radius 3 is 2.00 bits per heavy atom. The van der Waals surface area contributed by atoms with Crippen LogP contribution in [0.15, 0.2) is 0 Å². The van der Waals surface area contributed by atoms with Gasteiger partial charge in [0.05, 0.1) is 6.04 Å². The molecule has 0 amide bonds. The van der Waals surface area contributed by atoms with Crippen molar-refractivity contribution in [3.63, 3.8) is 0 Å². The molecule has 16 heavy (non-hydrogen) atoms. The topological polar surface area (TPSA) is 44.5 Å². The van der Waals surface area contributed by atoms with E-state index < -0.39 is 0 Å². The molecule has 3 heteroatoms. The van der Waals surface area contributed by atoms with Gasteiger partial charge in [-0.25, -0.2) is 0 Å². The van der Waals surface area contributed by atoms with Gasteiger partial charge in [-0.3, -0.25) is 0 Å². The summed E-state index contributed by atoms with van der Waals surface area (Å²) < 4.78 is 11.2. The molecule has 0 aromatic carbocycles. The van der Waals surface area contributed by atoms with Gasteiger partial charge in [0.15, 0.2) is 6.29 Å². The predicted octanol–water partition coefficient (Wildman–Crippen LogP) is 2.54. The third-order valence-electron chi connectivity index (χ3n) is 3.58. The molecular weight excluding hydrogens is 202 g/mol. The Morgan fingerprint density at radius 1 is 1.06 bits per heavy atom. The highest BCUT2D eigenvalue weighted by Gasteiger charge is 2.29. The van der Waals surface area contributed by atoms with Crippen LogP contribution in [0.4, 0.5) is 0 Å². The molecule has 1 unspecified atom stereocenters. The van der Waals surface area contributed by atoms with E-state index in [1.54, 1.807) is 0 Å². The zero-order valence-electron chi connectivity index (χ0n) is 10.9. The van der Waals surface area contributed by atoms with Gasteiger partial charge in [-0.2, -0.15) is 0 Å². The molecule has 0 radical (unpaired) electrons. The lowest BCUT2D eigenvalue weighted by Crippen LogP contribution is -2.45. The largest absolute Gasteiger partial charge is 0.351 e. The van der Waals surface area contributed by atoms with E-state index >= 15 is 0 Å². The van der Waals surface area contributed by atoms with Crippen molar-refractivity contribution in [2.45, 2.75) is 58.8 Å². The Bertz CT molecular complexity index is 173. The number of ether oxygens (including phenoxy) is 2. The molecule has 96 valence electrons. The van der Waals surface area contributed by atoms with Crippen LogP contribution in [0.2, 0.25) is 0 Å². The number of hydrogen-bond acceptors (Lipinski definition) is 3. The lowest BCUT2D eigenvalue weighted by atomic mass is 9.79. The van der Waals surface area contributed by atoms with Crippen molar-refractivity contribution in [3.8, 4) is 0 Å². The van der Waals surface area contributed by atoms with Crippen molar-refractivity contribution < 1.29 is 9.47 Å². The summed E-state index contributed by atoms with van der Waals surface area (Å²) in [5.41, 5.74) is 6.26. The van der Waals surface area contributed by atoms with E-state index in [0.29, 0.717) is 19.1 Å². The van der Waals surface area contributed by atoms with Crippen LogP contribution >= 0.6 is 0 Å². The lowest BCUT2D eigenvalue weighted by Gasteiger charge is -2.34. The summed E-state index contributed by atoms with van der Waals surface area (Å²) in [5.74, 6) is 1.43. The van der Waals surface area contributed by atoms with E-state index in [1.165, 1.54) is 25.7 Å². The average molecular weight is 229 g/mol. The smallest absolute Gasteiger partial charge is 0.172 e. The average Bonchev–Trinajstić information content (AvgIpc) is 2.29. The third kappa shape index (κ3) is 4.04. The molecule has 0 saturated heterocycles. The van der Waals surface area contributed by atoms with Gasteiger partial charge in [0, 0.05) is 13.2 Å². The minimum absolute atomic E-state index is 0.0346. The van der Waals surface area contributed by atoms with Crippen LogP contribution in [0, 0.1) is 11.8 Å². The van der Waals surface area contributed by atoms with Crippen LogP contribution in [-0.2, 0) is 9.47 Å². The number of hydrogen-bond donors (Lipinski definition) is 1. The standard InChI is InChI=1S/C13H27NO2/c1-4-15-13(16-5-2)12(14)11-8-6-10(3)7-9-11/h10-13H,4-9,14H2,1-3H3. The van der Waals surface area contributed by atoms with E-state index in [1.807, 2.05) is 13.8 Å². The maximum absolute atomic E-state index is 6.26. The first-order valence-electron chi connectivity index (χ1n) is 6.67. The van der Waals surface area contributed by atoms with Crippen molar-refractivity contribution in [2.75, 3.05) is 13.2 Å². The maximum Gasteiger partial charge on any atom is 0.172 e. The van der Waals surface area contributed by atoms with Crippen LogP contribution in [0.1, 0.15) is 46.5 Å². The number of rotatable bonds is 6. The normalized spacial score (nSPS) is 28.3. The van der Waals surface area contributed by atoms with Gasteiger partial charge in [0.25, 0.3) is 0 Å². The third-order valence-corrected chi connectivity index (χ3v) is 3.58. The summed E-state index contributed by atoms with van der Waals surface area (Å²) in [6, 6.07) is 0.0346. The van der Waals surface area contributed by atoms with Gasteiger partial charge in [-0.05, 0) is 38.5 Å². The van der Waals surface area contributed by atoms with E-state index in [2.05, 4.69) is 6.92 Å². The second-order valence-electron chi connectivity index (χ2n) is 4.88. The van der Waals surface area contributed by atoms with Crippen molar-refractivity contribution >= 4 is 0 Å². The number of nitrogens with two attached hydrogens (primary N) is 1. The summed E-state index contributed by atoms with van der Waals surface area (Å²) >= 11 is 0. The molecule has 1 rings (SSSR count). The van der Waals surface area contributed by atoms with Gasteiger partial charge in [-0.15, -0.1) is 0 Å². The summed E-state index contributed by atoms with van der Waals surface area (Å²) in [6.45, 7) is 7.64. The highest BCUT2D eigenvalue weighted by molar-refractivity contribution is 4.81. The van der Waals surface area contributed by atoms with E-state index in [0.717, 1.165) is 5.92 Å². The molecule has 1 aliphatic carbocycles. The Kier molecular flexibility index (Phi) is 6.32. The first-order chi connectivity index (χ1) is 7.69. The molecule has 3 nitrogen and oxygen atoms in total. The summed E-state index contributed by atoms with van der Waals surface area (Å²) in [5, 5.41) is 0. The van der Waals surface area contributed by atoms with Crippen molar-refractivity contribution in [2.24, 2.45) is 17.6 Å². The molecule has 1 atom stereocenters. The van der Waals surface area contributed by atoms with E-state index in [9.17, 15) is 0 Å². The Hall–Kier alpha value is -0.120. The highest BCUT2D eigenvalue weighted by Crippen LogP contribution is 2.31. The molecule has 1 fully saturated rings. The fourth-order valence-corrected chi connectivity index (χ4v) is 2.49. The fraction of sp³-hybridized carbons (Fsp3) is 1.00. The van der Waals surface area contributed by atoms with Gasteiger partial charge in [-0.1, -0.05) is 19.8 Å². The molecule has 0 aromatic rings. The van der Waals surface area contributed by atoms with E-state index in [4.69, 9.17) is 15.2 Å². The minimum atomic E-state index is -0.214. The maximum atomic E-state index is 6.26. The molecular formula is C13H27NO2. The van der Waals surface area contributed by atoms with Crippen LogP contribution in [0.5, 0.6) is 0 Å². The molecule has 2 N–H and O–H groups in total. The van der Waals surface area contributed by atoms with Crippen molar-refractivity contribution in [3.05, 3.63) is 0 Å². The fourth-order valence-electron chi connectivity index (χ4n) is 2.49. The Morgan fingerprint density at radius 2 is 1.56 bits per heavy atom. The second-order valence-corrected chi connectivity index (χ2v) is 4.88. The SMILES string of the molecule is CCOC(OCC)C(N)C1CCC(C)CC1. The first kappa shape index (κ1) is 13.9. The zero-order valence-corrected chi connectivity index (χ0v) is 10.9. The van der Waals surface area contributed by atoms with Crippen LogP contribution in [-0.4, -0.2) is 25.5 Å². The molecule has 1 saturated carbocycles. The monoisotopic (exact) mass is 229 g/mol. The van der Waals surface area contributed by atoms with Crippen LogP contribution < -0.4 is 5.73 Å². The van der Waals surface area contributed by atoms with Gasteiger partial charge < -0.3 is 15.2 Å². The van der Waals surface area contributed by atoms with Crippen LogP contribution in [0.25, 0.3) is 0 Å². The summed E-state index contributed by atoms with van der Waals surface area (Å²) in [4.78, 5) is 0. The van der Waals surface area contributed by atoms with Gasteiger partial charge in [0.1, 0.15) is 0 Å². The molecule has 0 aromatic heterocycles. The van der Waals surface area contributed by atoms with Crippen LogP contribution in [0.3, 0.4) is 0 Å². The second kappa shape index (κ2) is 7.25. The zero-order chi connectivity index (χ0) is 12.0. The molecule has 0 aliphatic heterocycles. The van der Waals surface area contributed by atoms with E-state index in [-0.39, 0.29) is 12.3 Å². The molecule has 0 bridgehead atoms. The van der Waals surface area contributed by atoms with Gasteiger partial charge in [0.2, 0.25) is 0 Å². The summed E-state index contributed by atoms with van der Waals surface area (Å²) in [6.07, 6.45) is 4.82. The Balaban J connectivity index is 2.42. The molecule has 1 aliphatic rings. The van der Waals surface area contributed by atoms with Crippen molar-refractivity contribution in [1.82, 2.24) is 0 Å². The van der Waals surface area contributed by atoms with Crippen molar-refractivity contribution in [1.29, 1.82) is 0 Å². The predicted molar refractivity (Wildman–Crippen MR) is 66.1 cm³/mol. The molecule has 0 spiro atoms. The first-order valence-corrected chi connectivity index (χ1v) is 6.67. The minimum Gasteiger partial charge on any atom is -0.351 e. The quantitative estimate of drug-likeness (QED) is 0.712. The molecule has 0 heterocycles. The Labute approximate surface area is 99.7 Å². The highest BCUT2D eigenvalue weighted by atomic mass is 16.7.